The molecule has 1 aliphatic heterocycles. The first kappa shape index (κ1) is 25.6. The third kappa shape index (κ3) is 4.39. The summed E-state index contributed by atoms with van der Waals surface area (Å²) >= 11 is 0. The zero-order chi connectivity index (χ0) is 25.5. The molecule has 0 saturated carbocycles. The van der Waals surface area contributed by atoms with Crippen LogP contribution in [0.4, 0.5) is 33.3 Å². The van der Waals surface area contributed by atoms with Gasteiger partial charge in [0.2, 0.25) is 11.7 Å². The molecule has 1 aromatic heterocycles. The summed E-state index contributed by atoms with van der Waals surface area (Å²) in [5.74, 6) is -4.56. The maximum atomic E-state index is 14.3. The lowest BCUT2D eigenvalue weighted by atomic mass is 9.92. The Hall–Kier alpha value is -3.00. The first-order valence-electron chi connectivity index (χ1n) is 9.68. The van der Waals surface area contributed by atoms with Gasteiger partial charge in [-0.05, 0) is 24.3 Å². The summed E-state index contributed by atoms with van der Waals surface area (Å²) in [5.41, 5.74) is -3.33. The summed E-state index contributed by atoms with van der Waals surface area (Å²) in [7, 11) is -1.46. The molecule has 0 spiro atoms. The highest BCUT2D eigenvalue weighted by molar-refractivity contribution is 7.91. The van der Waals surface area contributed by atoms with Crippen LogP contribution in [0.3, 0.4) is 0 Å². The number of amides is 1. The molecule has 1 aliphatic rings. The molecule has 0 bridgehead atoms. The number of pyridine rings is 1. The SMILES string of the molecule is COc1c(N2CCC(OC)(C(F)(F)F)[C@H]2C(=O)Nc2ccnc([S@](C)(=N)=O)c2)ccc(F)c1F. The second-order valence-electron chi connectivity index (χ2n) is 7.57. The van der Waals surface area contributed by atoms with Gasteiger partial charge in [0.25, 0.3) is 0 Å². The predicted molar refractivity (Wildman–Crippen MR) is 112 cm³/mol. The second-order valence-corrected chi connectivity index (χ2v) is 9.67. The van der Waals surface area contributed by atoms with E-state index >= 15 is 0 Å². The van der Waals surface area contributed by atoms with Crippen LogP contribution in [0.25, 0.3) is 0 Å². The third-order valence-corrected chi connectivity index (χ3v) is 6.54. The van der Waals surface area contributed by atoms with E-state index in [1.54, 1.807) is 0 Å². The van der Waals surface area contributed by atoms with Gasteiger partial charge in [0.15, 0.2) is 17.2 Å². The average molecular weight is 508 g/mol. The van der Waals surface area contributed by atoms with Crippen molar-refractivity contribution in [1.29, 1.82) is 4.78 Å². The number of ether oxygens (including phenoxy) is 2. The summed E-state index contributed by atoms with van der Waals surface area (Å²) in [6, 6.07) is 1.99. The fourth-order valence-electron chi connectivity index (χ4n) is 3.90. The van der Waals surface area contributed by atoms with Gasteiger partial charge in [-0.25, -0.2) is 18.4 Å². The van der Waals surface area contributed by atoms with E-state index in [0.717, 1.165) is 43.7 Å². The number of carbonyl (C=O) groups excluding carboxylic acids is 1. The summed E-state index contributed by atoms with van der Waals surface area (Å²) < 4.78 is 100. The normalized spacial score (nSPS) is 22.4. The largest absolute Gasteiger partial charge is 0.491 e. The molecule has 1 amide bonds. The van der Waals surface area contributed by atoms with Gasteiger partial charge in [0.05, 0.1) is 22.5 Å². The van der Waals surface area contributed by atoms with Crippen LogP contribution >= 0.6 is 0 Å². The Bertz CT molecular complexity index is 1210. The fraction of sp³-hybridized carbons (Fsp3) is 0.400. The monoisotopic (exact) mass is 508 g/mol. The summed E-state index contributed by atoms with van der Waals surface area (Å²) in [6.07, 6.45) is -3.48. The van der Waals surface area contributed by atoms with Gasteiger partial charge in [-0.1, -0.05) is 0 Å². The van der Waals surface area contributed by atoms with Crippen molar-refractivity contribution < 1.29 is 40.4 Å². The van der Waals surface area contributed by atoms with Crippen molar-refractivity contribution in [2.24, 2.45) is 0 Å². The molecular weight excluding hydrogens is 487 g/mol. The maximum Gasteiger partial charge on any atom is 0.420 e. The molecule has 2 N–H and O–H groups in total. The Kier molecular flexibility index (Phi) is 6.77. The Labute approximate surface area is 192 Å². The van der Waals surface area contributed by atoms with E-state index in [2.05, 4.69) is 10.3 Å². The van der Waals surface area contributed by atoms with Crippen molar-refractivity contribution in [1.82, 2.24) is 4.98 Å². The number of rotatable bonds is 6. The number of halogens is 5. The van der Waals surface area contributed by atoms with E-state index in [1.165, 1.54) is 6.07 Å². The number of alkyl halides is 3. The number of carbonyl (C=O) groups is 1. The van der Waals surface area contributed by atoms with Crippen molar-refractivity contribution in [2.75, 3.05) is 37.2 Å². The second kappa shape index (κ2) is 8.98. The van der Waals surface area contributed by atoms with Crippen LogP contribution in [-0.2, 0) is 19.3 Å². The fourth-order valence-corrected chi connectivity index (χ4v) is 4.51. The van der Waals surface area contributed by atoms with Crippen LogP contribution in [0.15, 0.2) is 35.5 Å². The van der Waals surface area contributed by atoms with Gasteiger partial charge < -0.3 is 19.7 Å². The molecule has 2 heterocycles. The minimum Gasteiger partial charge on any atom is -0.491 e. The minimum atomic E-state index is -5.02. The van der Waals surface area contributed by atoms with Crippen LogP contribution in [-0.4, -0.2) is 59.9 Å². The van der Waals surface area contributed by atoms with Gasteiger partial charge in [-0.3, -0.25) is 4.79 Å². The molecule has 186 valence electrons. The van der Waals surface area contributed by atoms with Crippen molar-refractivity contribution in [3.05, 3.63) is 42.1 Å². The Morgan fingerprint density at radius 3 is 2.53 bits per heavy atom. The van der Waals surface area contributed by atoms with Crippen LogP contribution in [0.1, 0.15) is 6.42 Å². The quantitative estimate of drug-likeness (QED) is 0.579. The number of hydrogen-bond donors (Lipinski definition) is 2. The van der Waals surface area contributed by atoms with Gasteiger partial charge in [-0.2, -0.15) is 17.6 Å². The molecule has 34 heavy (non-hydrogen) atoms. The van der Waals surface area contributed by atoms with Crippen LogP contribution in [0.5, 0.6) is 5.75 Å². The van der Waals surface area contributed by atoms with E-state index < -0.39 is 63.8 Å². The molecule has 3 atom stereocenters. The maximum absolute atomic E-state index is 14.3. The van der Waals surface area contributed by atoms with E-state index in [4.69, 9.17) is 14.3 Å². The molecule has 8 nitrogen and oxygen atoms in total. The van der Waals surface area contributed by atoms with E-state index in [0.29, 0.717) is 6.07 Å². The number of anilines is 2. The van der Waals surface area contributed by atoms with Crippen molar-refractivity contribution in [2.45, 2.75) is 29.3 Å². The first-order chi connectivity index (χ1) is 15.8. The highest BCUT2D eigenvalue weighted by Crippen LogP contribution is 2.48. The number of aromatic nitrogens is 1. The van der Waals surface area contributed by atoms with Crippen LogP contribution in [0, 0.1) is 16.4 Å². The molecule has 1 saturated heterocycles. The summed E-state index contributed by atoms with van der Waals surface area (Å²) in [6.45, 7) is -0.399. The minimum absolute atomic E-state index is 0.0619. The number of hydrogen-bond acceptors (Lipinski definition) is 7. The van der Waals surface area contributed by atoms with Crippen molar-refractivity contribution >= 4 is 27.0 Å². The topological polar surface area (TPSA) is 105 Å². The molecular formula is C20H21F5N4O4S. The zero-order valence-corrected chi connectivity index (χ0v) is 19.0. The molecule has 3 rings (SSSR count). The highest BCUT2D eigenvalue weighted by Gasteiger charge is 2.67. The number of methoxy groups -OCH3 is 2. The van der Waals surface area contributed by atoms with Crippen LogP contribution in [0.2, 0.25) is 0 Å². The van der Waals surface area contributed by atoms with Crippen molar-refractivity contribution in [3.8, 4) is 5.75 Å². The lowest BCUT2D eigenvalue weighted by molar-refractivity contribution is -0.269. The molecule has 2 aromatic rings. The number of nitrogens with one attached hydrogen (secondary N) is 2. The smallest absolute Gasteiger partial charge is 0.420 e. The summed E-state index contributed by atoms with van der Waals surface area (Å²) in [4.78, 5) is 18.0. The van der Waals surface area contributed by atoms with Gasteiger partial charge in [0, 0.05) is 38.2 Å². The lowest BCUT2D eigenvalue weighted by Gasteiger charge is -2.38. The third-order valence-electron chi connectivity index (χ3n) is 5.51. The molecule has 0 radical (unpaired) electrons. The Morgan fingerprint density at radius 1 is 1.29 bits per heavy atom. The van der Waals surface area contributed by atoms with Gasteiger partial charge in [0.1, 0.15) is 11.1 Å². The first-order valence-corrected chi connectivity index (χ1v) is 11.6. The number of benzene rings is 1. The standard InChI is InChI=1S/C20H21F5N4O4S/c1-32-16-13(5-4-12(21)15(16)22)29-9-7-19(33-2,20(23,24)25)17(29)18(30)28-11-6-8-27-14(10-11)34(3,26)31/h4-6,8,10,17,26H,7,9H2,1-3H3,(H,27,28,30)/t17-,19?,34-/m1/s1. The van der Waals surface area contributed by atoms with E-state index in [-0.39, 0.29) is 16.4 Å². The number of nitrogens with zero attached hydrogens (tertiary/aromatic N) is 2. The average Bonchev–Trinajstić information content (AvgIpc) is 3.16. The molecule has 1 fully saturated rings. The van der Waals surface area contributed by atoms with Gasteiger partial charge in [-0.15, -0.1) is 0 Å². The molecule has 1 aromatic carbocycles. The van der Waals surface area contributed by atoms with E-state index in [1.807, 2.05) is 0 Å². The predicted octanol–water partition coefficient (Wildman–Crippen LogP) is 3.57. The van der Waals surface area contributed by atoms with E-state index in [9.17, 15) is 31.0 Å². The molecule has 14 heteroatoms. The Morgan fingerprint density at radius 2 is 1.97 bits per heavy atom. The Balaban J connectivity index is 2.12. The zero-order valence-electron chi connectivity index (χ0n) is 18.2. The molecule has 1 unspecified atom stereocenters. The van der Waals surface area contributed by atoms with Crippen molar-refractivity contribution in [3.63, 3.8) is 0 Å². The van der Waals surface area contributed by atoms with Crippen LogP contribution < -0.4 is 15.0 Å². The summed E-state index contributed by atoms with van der Waals surface area (Å²) in [5, 5.41) is 2.11. The van der Waals surface area contributed by atoms with Gasteiger partial charge >= 0.3 is 6.18 Å². The molecule has 0 aliphatic carbocycles. The highest BCUT2D eigenvalue weighted by atomic mass is 32.2. The lowest BCUT2D eigenvalue weighted by Crippen LogP contribution is -2.61.